The summed E-state index contributed by atoms with van der Waals surface area (Å²) in [6.45, 7) is 0. The number of anilines is 2. The third kappa shape index (κ3) is 4.89. The minimum Gasteiger partial charge on any atom is -0.322 e. The molecule has 0 saturated heterocycles. The van der Waals surface area contributed by atoms with Gasteiger partial charge in [-0.2, -0.15) is 5.10 Å². The molecule has 0 radical (unpaired) electrons. The molecule has 27 heavy (non-hydrogen) atoms. The van der Waals surface area contributed by atoms with E-state index in [0.29, 0.717) is 21.8 Å². The number of hydrogen-bond donors (Lipinski definition) is 2. The normalized spacial score (nSPS) is 10.8. The predicted molar refractivity (Wildman–Crippen MR) is 103 cm³/mol. The molecule has 0 heterocycles. The maximum atomic E-state index is 13.5. The van der Waals surface area contributed by atoms with Gasteiger partial charge >= 0.3 is 0 Å². The molecule has 3 aromatic rings. The van der Waals surface area contributed by atoms with Crippen molar-refractivity contribution in [1.82, 2.24) is 0 Å². The Hall–Kier alpha value is -3.25. The van der Waals surface area contributed by atoms with Crippen molar-refractivity contribution >= 4 is 35.1 Å². The average molecular weight is 386 g/mol. The number of hydrogen-bond acceptors (Lipinski definition) is 3. The molecule has 0 aromatic heterocycles. The molecule has 0 spiro atoms. The highest BCUT2D eigenvalue weighted by atomic mass is 35.5. The van der Waals surface area contributed by atoms with Crippen molar-refractivity contribution in [2.45, 2.75) is 0 Å². The van der Waals surface area contributed by atoms with Crippen molar-refractivity contribution in [3.05, 3.63) is 94.5 Å². The first kappa shape index (κ1) is 18.5. The molecule has 0 fully saturated rings. The Morgan fingerprint density at radius 3 is 2.59 bits per heavy atom. The van der Waals surface area contributed by atoms with Gasteiger partial charge in [0.05, 0.1) is 22.5 Å². The number of halogens is 3. The zero-order chi connectivity index (χ0) is 19.2. The zero-order valence-corrected chi connectivity index (χ0v) is 14.7. The summed E-state index contributed by atoms with van der Waals surface area (Å²) in [5, 5.41) is 7.04. The number of benzene rings is 3. The van der Waals surface area contributed by atoms with Crippen LogP contribution in [0.15, 0.2) is 71.8 Å². The lowest BCUT2D eigenvalue weighted by Gasteiger charge is -2.07. The largest absolute Gasteiger partial charge is 0.322 e. The second-order valence-corrected chi connectivity index (χ2v) is 5.96. The average Bonchev–Trinajstić information content (AvgIpc) is 2.64. The number of carbonyl (C=O) groups excluding carboxylic acids is 1. The van der Waals surface area contributed by atoms with E-state index in [0.717, 1.165) is 12.1 Å². The Morgan fingerprint density at radius 1 is 1.00 bits per heavy atom. The highest BCUT2D eigenvalue weighted by Crippen LogP contribution is 2.18. The van der Waals surface area contributed by atoms with Crippen molar-refractivity contribution in [2.24, 2.45) is 5.10 Å². The van der Waals surface area contributed by atoms with Crippen LogP contribution in [0.25, 0.3) is 0 Å². The molecule has 0 aliphatic rings. The first-order valence-corrected chi connectivity index (χ1v) is 8.31. The molecule has 0 unspecified atom stereocenters. The van der Waals surface area contributed by atoms with E-state index in [9.17, 15) is 13.6 Å². The molecular formula is C20H14ClF2N3O. The maximum Gasteiger partial charge on any atom is 0.257 e. The van der Waals surface area contributed by atoms with E-state index in [4.69, 9.17) is 11.6 Å². The third-order valence-corrected chi connectivity index (χ3v) is 3.92. The topological polar surface area (TPSA) is 53.5 Å². The van der Waals surface area contributed by atoms with Crippen LogP contribution in [0.5, 0.6) is 0 Å². The highest BCUT2D eigenvalue weighted by Gasteiger charge is 2.09. The Kier molecular flexibility index (Phi) is 5.78. The number of carbonyl (C=O) groups is 1. The lowest BCUT2D eigenvalue weighted by atomic mass is 10.2. The predicted octanol–water partition coefficient (Wildman–Crippen LogP) is 5.32. The summed E-state index contributed by atoms with van der Waals surface area (Å²) in [6, 6.07) is 16.8. The molecule has 3 aromatic carbocycles. The smallest absolute Gasteiger partial charge is 0.257 e. The molecule has 0 aliphatic heterocycles. The number of rotatable bonds is 5. The molecule has 136 valence electrons. The standard InChI is InChI=1S/C20H14ClF2N3O/c21-17-7-2-1-6-16(17)20(27)25-15-5-3-4-13(10-15)12-24-26-19-9-8-14(22)11-18(19)23/h1-12,26H,(H,25,27)/b24-12-. The molecule has 0 atom stereocenters. The van der Waals surface area contributed by atoms with Gasteiger partial charge in [0.15, 0.2) is 5.82 Å². The second kappa shape index (κ2) is 8.42. The number of nitrogens with zero attached hydrogens (tertiary/aromatic N) is 1. The summed E-state index contributed by atoms with van der Waals surface area (Å²) in [5.74, 6) is -1.74. The van der Waals surface area contributed by atoms with E-state index < -0.39 is 11.6 Å². The molecule has 7 heteroatoms. The van der Waals surface area contributed by atoms with Gasteiger partial charge in [0.2, 0.25) is 0 Å². The summed E-state index contributed by atoms with van der Waals surface area (Å²) < 4.78 is 26.4. The van der Waals surface area contributed by atoms with Crippen molar-refractivity contribution in [1.29, 1.82) is 0 Å². The van der Waals surface area contributed by atoms with Gasteiger partial charge in [0.1, 0.15) is 5.82 Å². The van der Waals surface area contributed by atoms with Crippen molar-refractivity contribution < 1.29 is 13.6 Å². The van der Waals surface area contributed by atoms with Gasteiger partial charge in [-0.3, -0.25) is 10.2 Å². The van der Waals surface area contributed by atoms with Gasteiger partial charge in [-0.1, -0.05) is 35.9 Å². The summed E-state index contributed by atoms with van der Waals surface area (Å²) in [5.41, 5.74) is 4.15. The SMILES string of the molecule is O=C(Nc1cccc(/C=N\Nc2ccc(F)cc2F)c1)c1ccccc1Cl. The van der Waals surface area contributed by atoms with E-state index in [1.165, 1.54) is 12.3 Å². The highest BCUT2D eigenvalue weighted by molar-refractivity contribution is 6.34. The first-order chi connectivity index (χ1) is 13.0. The van der Waals surface area contributed by atoms with Crippen LogP contribution in [0.3, 0.4) is 0 Å². The van der Waals surface area contributed by atoms with Gasteiger partial charge in [0.25, 0.3) is 5.91 Å². The lowest BCUT2D eigenvalue weighted by molar-refractivity contribution is 0.102. The van der Waals surface area contributed by atoms with Crippen LogP contribution >= 0.6 is 11.6 Å². The van der Waals surface area contributed by atoms with Gasteiger partial charge < -0.3 is 5.32 Å². The fourth-order valence-corrected chi connectivity index (χ4v) is 2.52. The Labute approximate surface area is 159 Å². The molecule has 4 nitrogen and oxygen atoms in total. The van der Waals surface area contributed by atoms with Crippen molar-refractivity contribution in [3.8, 4) is 0 Å². The van der Waals surface area contributed by atoms with Crippen molar-refractivity contribution in [3.63, 3.8) is 0 Å². The summed E-state index contributed by atoms with van der Waals surface area (Å²) in [7, 11) is 0. The van der Waals surface area contributed by atoms with Crippen LogP contribution in [-0.4, -0.2) is 12.1 Å². The number of amides is 1. The van der Waals surface area contributed by atoms with Crippen LogP contribution in [0, 0.1) is 11.6 Å². The van der Waals surface area contributed by atoms with E-state index in [1.54, 1.807) is 48.5 Å². The molecular weight excluding hydrogens is 372 g/mol. The Morgan fingerprint density at radius 2 is 1.81 bits per heavy atom. The Balaban J connectivity index is 1.68. The van der Waals surface area contributed by atoms with Gasteiger partial charge in [0, 0.05) is 11.8 Å². The van der Waals surface area contributed by atoms with E-state index in [-0.39, 0.29) is 11.6 Å². The quantitative estimate of drug-likeness (QED) is 0.461. The fourth-order valence-electron chi connectivity index (χ4n) is 2.30. The Bertz CT molecular complexity index is 1010. The molecule has 0 bridgehead atoms. The summed E-state index contributed by atoms with van der Waals surface area (Å²) >= 11 is 6.02. The summed E-state index contributed by atoms with van der Waals surface area (Å²) in [4.78, 5) is 12.3. The third-order valence-electron chi connectivity index (χ3n) is 3.59. The molecule has 1 amide bonds. The van der Waals surface area contributed by atoms with Crippen LogP contribution in [0.4, 0.5) is 20.2 Å². The first-order valence-electron chi connectivity index (χ1n) is 7.93. The fraction of sp³-hybridized carbons (Fsp3) is 0. The minimum absolute atomic E-state index is 0.0517. The molecule has 0 aliphatic carbocycles. The van der Waals surface area contributed by atoms with E-state index in [2.05, 4.69) is 15.8 Å². The van der Waals surface area contributed by atoms with Gasteiger partial charge in [-0.05, 0) is 42.0 Å². The molecule has 2 N–H and O–H groups in total. The van der Waals surface area contributed by atoms with Crippen LogP contribution in [0.2, 0.25) is 5.02 Å². The number of hydrazone groups is 1. The molecule has 0 saturated carbocycles. The number of nitrogens with one attached hydrogen (secondary N) is 2. The van der Waals surface area contributed by atoms with E-state index in [1.807, 2.05) is 0 Å². The monoisotopic (exact) mass is 385 g/mol. The second-order valence-electron chi connectivity index (χ2n) is 5.55. The minimum atomic E-state index is -0.743. The van der Waals surface area contributed by atoms with Gasteiger partial charge in [-0.15, -0.1) is 0 Å². The summed E-state index contributed by atoms with van der Waals surface area (Å²) in [6.07, 6.45) is 1.45. The molecule has 3 rings (SSSR count). The lowest BCUT2D eigenvalue weighted by Crippen LogP contribution is -2.12. The van der Waals surface area contributed by atoms with Crippen LogP contribution in [0.1, 0.15) is 15.9 Å². The van der Waals surface area contributed by atoms with E-state index >= 15 is 0 Å². The van der Waals surface area contributed by atoms with Gasteiger partial charge in [-0.25, -0.2) is 8.78 Å². The maximum absolute atomic E-state index is 13.5. The van der Waals surface area contributed by atoms with Crippen LogP contribution < -0.4 is 10.7 Å². The zero-order valence-electron chi connectivity index (χ0n) is 13.9. The van der Waals surface area contributed by atoms with Crippen LogP contribution in [-0.2, 0) is 0 Å². The van der Waals surface area contributed by atoms with Crippen molar-refractivity contribution in [2.75, 3.05) is 10.7 Å².